The van der Waals surface area contributed by atoms with Gasteiger partial charge in [-0.15, -0.1) is 0 Å². The summed E-state index contributed by atoms with van der Waals surface area (Å²) in [5.41, 5.74) is 2.61. The van der Waals surface area contributed by atoms with Gasteiger partial charge in [-0.2, -0.15) is 0 Å². The smallest absolute Gasteiger partial charge is 0.290 e. The molecule has 0 bridgehead atoms. The molecular formula is C21H25N3O4. The van der Waals surface area contributed by atoms with Gasteiger partial charge in [0.15, 0.2) is 5.76 Å². The number of carbonyl (C=O) groups is 3. The summed E-state index contributed by atoms with van der Waals surface area (Å²) < 4.78 is 5.26. The third-order valence-corrected chi connectivity index (χ3v) is 4.82. The normalized spacial score (nSPS) is 15.7. The minimum Gasteiger partial charge on any atom is -0.459 e. The van der Waals surface area contributed by atoms with E-state index in [9.17, 15) is 14.4 Å². The van der Waals surface area contributed by atoms with Crippen LogP contribution in [0.5, 0.6) is 0 Å². The van der Waals surface area contributed by atoms with Gasteiger partial charge in [0.1, 0.15) is 6.04 Å². The van der Waals surface area contributed by atoms with Gasteiger partial charge in [0, 0.05) is 39.2 Å². The van der Waals surface area contributed by atoms with Crippen LogP contribution in [0.25, 0.3) is 0 Å². The van der Waals surface area contributed by atoms with Crippen molar-refractivity contribution in [3.8, 4) is 0 Å². The number of carbonyl (C=O) groups excluding carboxylic acids is 3. The van der Waals surface area contributed by atoms with Crippen LogP contribution in [-0.4, -0.2) is 47.7 Å². The summed E-state index contributed by atoms with van der Waals surface area (Å²) in [5.74, 6) is -0.294. The molecule has 0 fully saturated rings. The number of hydrogen-bond acceptors (Lipinski definition) is 4. The molecule has 1 N–H and O–H groups in total. The number of nitrogens with one attached hydrogen (secondary N) is 1. The maximum Gasteiger partial charge on any atom is 0.290 e. The lowest BCUT2D eigenvalue weighted by Crippen LogP contribution is -2.52. The first kappa shape index (κ1) is 19.7. The minimum atomic E-state index is -0.597. The number of fused-ring (bicyclic) bond motifs is 1. The molecule has 0 spiro atoms. The fourth-order valence-electron chi connectivity index (χ4n) is 3.39. The van der Waals surface area contributed by atoms with E-state index in [2.05, 4.69) is 5.32 Å². The summed E-state index contributed by atoms with van der Waals surface area (Å²) in [7, 11) is 3.36. The molecule has 3 rings (SSSR count). The molecule has 2 aromatic rings. The monoisotopic (exact) mass is 383 g/mol. The Morgan fingerprint density at radius 3 is 2.64 bits per heavy atom. The SMILES string of the molecule is CCCC(=O)Nc1ccc2c(c1)CN(C(=O)c1ccco1)[C@H](C(=O)N(C)C)C2. The summed E-state index contributed by atoms with van der Waals surface area (Å²) in [5, 5.41) is 2.88. The molecule has 7 heteroatoms. The Hall–Kier alpha value is -3.09. The third-order valence-electron chi connectivity index (χ3n) is 4.82. The average molecular weight is 383 g/mol. The summed E-state index contributed by atoms with van der Waals surface area (Å²) >= 11 is 0. The summed E-state index contributed by atoms with van der Waals surface area (Å²) in [6.07, 6.45) is 3.09. The van der Waals surface area contributed by atoms with E-state index in [4.69, 9.17) is 4.42 Å². The fourth-order valence-corrected chi connectivity index (χ4v) is 3.39. The summed E-state index contributed by atoms with van der Waals surface area (Å²) in [6, 6.07) is 8.28. The van der Waals surface area contributed by atoms with Crippen LogP contribution in [-0.2, 0) is 22.6 Å². The Morgan fingerprint density at radius 2 is 2.00 bits per heavy atom. The quantitative estimate of drug-likeness (QED) is 0.861. The Kier molecular flexibility index (Phi) is 5.82. The average Bonchev–Trinajstić information content (AvgIpc) is 3.20. The van der Waals surface area contributed by atoms with Crippen molar-refractivity contribution in [1.29, 1.82) is 0 Å². The Bertz CT molecular complexity index is 874. The third kappa shape index (κ3) is 4.08. The zero-order valence-corrected chi connectivity index (χ0v) is 16.4. The first-order valence-corrected chi connectivity index (χ1v) is 9.38. The van der Waals surface area contributed by atoms with Crippen molar-refractivity contribution in [3.05, 3.63) is 53.5 Å². The van der Waals surface area contributed by atoms with E-state index >= 15 is 0 Å². The van der Waals surface area contributed by atoms with Crippen LogP contribution in [0.4, 0.5) is 5.69 Å². The van der Waals surface area contributed by atoms with Gasteiger partial charge >= 0.3 is 0 Å². The zero-order valence-electron chi connectivity index (χ0n) is 16.4. The standard InChI is InChI=1S/C21H25N3O4/c1-4-6-19(25)22-16-9-8-14-12-17(20(26)23(2)3)24(13-15(14)11-16)21(27)18-7-5-10-28-18/h5,7-11,17H,4,6,12-13H2,1-3H3,(H,22,25)/t17-/m0/s1. The van der Waals surface area contributed by atoms with Crippen molar-refractivity contribution < 1.29 is 18.8 Å². The highest BCUT2D eigenvalue weighted by molar-refractivity contribution is 5.96. The fraction of sp³-hybridized carbons (Fsp3) is 0.381. The van der Waals surface area contributed by atoms with Gasteiger partial charge in [-0.05, 0) is 41.8 Å². The van der Waals surface area contributed by atoms with Crippen LogP contribution in [0.2, 0.25) is 0 Å². The first-order chi connectivity index (χ1) is 13.4. The molecule has 0 radical (unpaired) electrons. The largest absolute Gasteiger partial charge is 0.459 e. The molecule has 1 aromatic carbocycles. The highest BCUT2D eigenvalue weighted by Crippen LogP contribution is 2.28. The van der Waals surface area contributed by atoms with E-state index in [-0.39, 0.29) is 30.0 Å². The Labute approximate surface area is 164 Å². The van der Waals surface area contributed by atoms with Gasteiger partial charge in [0.2, 0.25) is 11.8 Å². The molecule has 7 nitrogen and oxygen atoms in total. The van der Waals surface area contributed by atoms with Gasteiger partial charge in [-0.3, -0.25) is 14.4 Å². The van der Waals surface area contributed by atoms with Crippen molar-refractivity contribution in [3.63, 3.8) is 0 Å². The van der Waals surface area contributed by atoms with E-state index < -0.39 is 6.04 Å². The second-order valence-electron chi connectivity index (χ2n) is 7.14. The number of furan rings is 1. The number of nitrogens with zero attached hydrogens (tertiary/aromatic N) is 2. The molecular weight excluding hydrogens is 358 g/mol. The van der Waals surface area contributed by atoms with Crippen LogP contribution >= 0.6 is 0 Å². The van der Waals surface area contributed by atoms with Crippen LogP contribution in [0.15, 0.2) is 41.0 Å². The molecule has 1 atom stereocenters. The van der Waals surface area contributed by atoms with Crippen molar-refractivity contribution in [2.24, 2.45) is 0 Å². The van der Waals surface area contributed by atoms with Crippen molar-refractivity contribution in [2.45, 2.75) is 38.8 Å². The highest BCUT2D eigenvalue weighted by Gasteiger charge is 2.36. The number of amides is 3. The molecule has 0 saturated heterocycles. The van der Waals surface area contributed by atoms with Crippen LogP contribution < -0.4 is 5.32 Å². The van der Waals surface area contributed by atoms with Gasteiger partial charge in [0.25, 0.3) is 5.91 Å². The minimum absolute atomic E-state index is 0.0394. The number of rotatable bonds is 5. The number of benzene rings is 1. The number of hydrogen-bond donors (Lipinski definition) is 1. The highest BCUT2D eigenvalue weighted by atomic mass is 16.3. The number of anilines is 1. The van der Waals surface area contributed by atoms with E-state index in [1.807, 2.05) is 25.1 Å². The van der Waals surface area contributed by atoms with E-state index in [1.54, 1.807) is 31.1 Å². The van der Waals surface area contributed by atoms with Crippen molar-refractivity contribution in [2.75, 3.05) is 19.4 Å². The molecule has 2 heterocycles. The summed E-state index contributed by atoms with van der Waals surface area (Å²) in [4.78, 5) is 40.6. The second-order valence-corrected chi connectivity index (χ2v) is 7.14. The zero-order chi connectivity index (χ0) is 20.3. The lowest BCUT2D eigenvalue weighted by Gasteiger charge is -2.37. The summed E-state index contributed by atoms with van der Waals surface area (Å²) in [6.45, 7) is 2.23. The molecule has 0 aliphatic carbocycles. The predicted octanol–water partition coefficient (Wildman–Crippen LogP) is 2.67. The lowest BCUT2D eigenvalue weighted by atomic mass is 9.92. The Balaban J connectivity index is 1.90. The van der Waals surface area contributed by atoms with E-state index in [1.165, 1.54) is 11.2 Å². The van der Waals surface area contributed by atoms with Crippen molar-refractivity contribution >= 4 is 23.4 Å². The number of likely N-dealkylation sites (N-methyl/N-ethyl adjacent to an activating group) is 1. The van der Waals surface area contributed by atoms with E-state index in [0.29, 0.717) is 18.5 Å². The van der Waals surface area contributed by atoms with Crippen molar-refractivity contribution in [1.82, 2.24) is 9.80 Å². The maximum atomic E-state index is 12.9. The molecule has 1 aliphatic heterocycles. The van der Waals surface area contributed by atoms with Gasteiger partial charge < -0.3 is 19.5 Å². The van der Waals surface area contributed by atoms with Gasteiger partial charge in [-0.25, -0.2) is 0 Å². The Morgan fingerprint density at radius 1 is 1.21 bits per heavy atom. The second kappa shape index (κ2) is 8.29. The lowest BCUT2D eigenvalue weighted by molar-refractivity contribution is -0.134. The molecule has 28 heavy (non-hydrogen) atoms. The van der Waals surface area contributed by atoms with Crippen LogP contribution in [0.1, 0.15) is 41.4 Å². The predicted molar refractivity (Wildman–Crippen MR) is 105 cm³/mol. The van der Waals surface area contributed by atoms with Crippen LogP contribution in [0, 0.1) is 0 Å². The van der Waals surface area contributed by atoms with E-state index in [0.717, 1.165) is 17.5 Å². The maximum absolute atomic E-state index is 12.9. The van der Waals surface area contributed by atoms with Gasteiger partial charge in [0.05, 0.1) is 6.26 Å². The molecule has 0 unspecified atom stereocenters. The molecule has 1 aromatic heterocycles. The molecule has 148 valence electrons. The molecule has 3 amide bonds. The first-order valence-electron chi connectivity index (χ1n) is 9.38. The van der Waals surface area contributed by atoms with Gasteiger partial charge in [-0.1, -0.05) is 13.0 Å². The topological polar surface area (TPSA) is 82.9 Å². The molecule has 1 aliphatic rings. The van der Waals surface area contributed by atoms with Crippen LogP contribution in [0.3, 0.4) is 0 Å². The molecule has 0 saturated carbocycles.